The Morgan fingerprint density at radius 1 is 1.37 bits per heavy atom. The van der Waals surface area contributed by atoms with E-state index in [9.17, 15) is 9.90 Å². The van der Waals surface area contributed by atoms with Gasteiger partial charge in [0.1, 0.15) is 5.75 Å². The minimum atomic E-state index is -0.500. The fourth-order valence-electron chi connectivity index (χ4n) is 1.74. The number of rotatable bonds is 7. The predicted octanol–water partition coefficient (Wildman–Crippen LogP) is 2.38. The van der Waals surface area contributed by atoms with Crippen molar-refractivity contribution >= 4 is 5.91 Å². The van der Waals surface area contributed by atoms with Crippen molar-refractivity contribution in [3.63, 3.8) is 0 Å². The molecule has 1 aromatic rings. The molecule has 0 aromatic heterocycles. The molecule has 0 aliphatic heterocycles. The van der Waals surface area contributed by atoms with Crippen LogP contribution in [0.25, 0.3) is 0 Å². The Labute approximate surface area is 115 Å². The number of nitrogens with zero attached hydrogens (tertiary/aromatic N) is 1. The summed E-state index contributed by atoms with van der Waals surface area (Å²) in [5.74, 6) is 0.805. The summed E-state index contributed by atoms with van der Waals surface area (Å²) in [6, 6.07) is 7.49. The van der Waals surface area contributed by atoms with Crippen LogP contribution in [-0.2, 0) is 4.79 Å². The van der Waals surface area contributed by atoms with Gasteiger partial charge in [-0.3, -0.25) is 4.79 Å². The molecule has 0 radical (unpaired) electrons. The van der Waals surface area contributed by atoms with E-state index in [0.29, 0.717) is 31.6 Å². The Bertz CT molecular complexity index is 404. The molecule has 0 saturated carbocycles. The fourth-order valence-corrected chi connectivity index (χ4v) is 1.74. The van der Waals surface area contributed by atoms with Gasteiger partial charge in [0, 0.05) is 26.1 Å². The van der Waals surface area contributed by atoms with Crippen LogP contribution in [-0.4, -0.2) is 36.6 Å². The van der Waals surface area contributed by atoms with Crippen LogP contribution < -0.4 is 4.74 Å². The van der Waals surface area contributed by atoms with Gasteiger partial charge in [-0.15, -0.1) is 0 Å². The second kappa shape index (κ2) is 7.79. The van der Waals surface area contributed by atoms with Gasteiger partial charge >= 0.3 is 0 Å². The molecule has 1 N–H and O–H groups in total. The number of aliphatic hydroxyl groups is 1. The second-order valence-electron chi connectivity index (χ2n) is 4.70. The van der Waals surface area contributed by atoms with Crippen LogP contribution in [0.2, 0.25) is 0 Å². The van der Waals surface area contributed by atoms with E-state index in [1.807, 2.05) is 31.2 Å². The fraction of sp³-hybridized carbons (Fsp3) is 0.533. The van der Waals surface area contributed by atoms with Gasteiger partial charge in [0.05, 0.1) is 12.7 Å². The molecule has 0 aliphatic carbocycles. The van der Waals surface area contributed by atoms with Crippen molar-refractivity contribution in [3.8, 4) is 5.75 Å². The topological polar surface area (TPSA) is 49.8 Å². The molecule has 19 heavy (non-hydrogen) atoms. The number of ether oxygens (including phenoxy) is 1. The van der Waals surface area contributed by atoms with Gasteiger partial charge in [-0.25, -0.2) is 0 Å². The molecular formula is C15H23NO3. The number of amides is 1. The molecule has 4 heteroatoms. The quantitative estimate of drug-likeness (QED) is 0.770. The second-order valence-corrected chi connectivity index (χ2v) is 4.70. The zero-order chi connectivity index (χ0) is 14.3. The van der Waals surface area contributed by atoms with Crippen LogP contribution >= 0.6 is 0 Å². The maximum atomic E-state index is 11.4. The number of benzene rings is 1. The van der Waals surface area contributed by atoms with Crippen LogP contribution in [0.5, 0.6) is 5.75 Å². The van der Waals surface area contributed by atoms with E-state index in [-0.39, 0.29) is 5.91 Å². The van der Waals surface area contributed by atoms with E-state index >= 15 is 0 Å². The Morgan fingerprint density at radius 2 is 2.05 bits per heavy atom. The van der Waals surface area contributed by atoms with Crippen molar-refractivity contribution in [3.05, 3.63) is 29.8 Å². The summed E-state index contributed by atoms with van der Waals surface area (Å²) < 4.78 is 5.66. The van der Waals surface area contributed by atoms with Gasteiger partial charge in [0.25, 0.3) is 0 Å². The van der Waals surface area contributed by atoms with Crippen molar-refractivity contribution < 1.29 is 14.6 Å². The van der Waals surface area contributed by atoms with Gasteiger partial charge in [-0.1, -0.05) is 25.1 Å². The highest BCUT2D eigenvalue weighted by Gasteiger charge is 2.11. The van der Waals surface area contributed by atoms with Crippen molar-refractivity contribution in [2.24, 2.45) is 0 Å². The minimum Gasteiger partial charge on any atom is -0.493 e. The van der Waals surface area contributed by atoms with Gasteiger partial charge in [-0.05, 0) is 18.9 Å². The molecule has 1 rings (SSSR count). The number of carbonyl (C=O) groups is 1. The Morgan fingerprint density at radius 3 is 2.68 bits per heavy atom. The van der Waals surface area contributed by atoms with E-state index in [1.54, 1.807) is 19.0 Å². The highest BCUT2D eigenvalue weighted by Crippen LogP contribution is 2.26. The lowest BCUT2D eigenvalue weighted by atomic mass is 10.1. The third kappa shape index (κ3) is 4.91. The maximum absolute atomic E-state index is 11.4. The average Bonchev–Trinajstić information content (AvgIpc) is 2.42. The lowest BCUT2D eigenvalue weighted by molar-refractivity contribution is -0.128. The number of hydrogen-bond acceptors (Lipinski definition) is 3. The Kier molecular flexibility index (Phi) is 6.36. The van der Waals surface area contributed by atoms with E-state index in [0.717, 1.165) is 5.56 Å². The summed E-state index contributed by atoms with van der Waals surface area (Å²) in [6.45, 7) is 2.41. The van der Waals surface area contributed by atoms with Crippen LogP contribution in [0, 0.1) is 0 Å². The minimum absolute atomic E-state index is 0.102. The van der Waals surface area contributed by atoms with Crippen molar-refractivity contribution in [1.82, 2.24) is 4.90 Å². The Balaban J connectivity index is 2.47. The first-order valence-electron chi connectivity index (χ1n) is 6.66. The molecule has 0 bridgehead atoms. The first-order valence-corrected chi connectivity index (χ1v) is 6.66. The van der Waals surface area contributed by atoms with Crippen molar-refractivity contribution in [2.75, 3.05) is 20.7 Å². The summed E-state index contributed by atoms with van der Waals surface area (Å²) >= 11 is 0. The smallest absolute Gasteiger partial charge is 0.222 e. The first-order chi connectivity index (χ1) is 9.06. The van der Waals surface area contributed by atoms with Crippen LogP contribution in [0.1, 0.15) is 37.9 Å². The number of aliphatic hydroxyl groups excluding tert-OH is 1. The normalized spacial score (nSPS) is 12.0. The SMILES string of the molecule is CC[C@@H](O)c1ccccc1OCCCC(=O)N(C)C. The summed E-state index contributed by atoms with van der Waals surface area (Å²) in [7, 11) is 3.49. The monoisotopic (exact) mass is 265 g/mol. The van der Waals surface area contributed by atoms with E-state index in [1.165, 1.54) is 0 Å². The molecule has 1 atom stereocenters. The van der Waals surface area contributed by atoms with Gasteiger partial charge in [0.15, 0.2) is 0 Å². The zero-order valence-corrected chi connectivity index (χ0v) is 11.9. The summed E-state index contributed by atoms with van der Waals surface area (Å²) in [6.07, 6.45) is 1.30. The van der Waals surface area contributed by atoms with E-state index in [2.05, 4.69) is 0 Å². The number of hydrogen-bond donors (Lipinski definition) is 1. The van der Waals surface area contributed by atoms with Crippen LogP contribution in [0.15, 0.2) is 24.3 Å². The molecule has 0 unspecified atom stereocenters. The lowest BCUT2D eigenvalue weighted by Crippen LogP contribution is -2.21. The van der Waals surface area contributed by atoms with Crippen LogP contribution in [0.4, 0.5) is 0 Å². The summed E-state index contributed by atoms with van der Waals surface area (Å²) in [5, 5.41) is 9.89. The largest absolute Gasteiger partial charge is 0.493 e. The van der Waals surface area contributed by atoms with Gasteiger partial charge in [0.2, 0.25) is 5.91 Å². The summed E-state index contributed by atoms with van der Waals surface area (Å²) in [5.41, 5.74) is 0.809. The third-order valence-corrected chi connectivity index (χ3v) is 2.96. The summed E-state index contributed by atoms with van der Waals surface area (Å²) in [4.78, 5) is 13.0. The molecule has 0 aliphatic rings. The maximum Gasteiger partial charge on any atom is 0.222 e. The van der Waals surface area contributed by atoms with Crippen LogP contribution in [0.3, 0.4) is 0 Å². The number of carbonyl (C=O) groups excluding carboxylic acids is 1. The first kappa shape index (κ1) is 15.5. The molecule has 106 valence electrons. The zero-order valence-electron chi connectivity index (χ0n) is 11.9. The molecular weight excluding hydrogens is 242 g/mol. The Hall–Kier alpha value is -1.55. The predicted molar refractivity (Wildman–Crippen MR) is 75.1 cm³/mol. The van der Waals surface area contributed by atoms with Gasteiger partial charge < -0.3 is 14.7 Å². The molecule has 0 fully saturated rings. The molecule has 4 nitrogen and oxygen atoms in total. The lowest BCUT2D eigenvalue weighted by Gasteiger charge is -2.15. The van der Waals surface area contributed by atoms with Gasteiger partial charge in [-0.2, -0.15) is 0 Å². The highest BCUT2D eigenvalue weighted by molar-refractivity contribution is 5.75. The molecule has 0 saturated heterocycles. The standard InChI is InChI=1S/C15H23NO3/c1-4-13(17)12-8-5-6-9-14(12)19-11-7-10-15(18)16(2)3/h5-6,8-9,13,17H,4,7,10-11H2,1-3H3/t13-/m1/s1. The highest BCUT2D eigenvalue weighted by atomic mass is 16.5. The average molecular weight is 265 g/mol. The van der Waals surface area contributed by atoms with Crippen molar-refractivity contribution in [2.45, 2.75) is 32.3 Å². The molecule has 0 heterocycles. The van der Waals surface area contributed by atoms with E-state index in [4.69, 9.17) is 4.74 Å². The number of para-hydroxylation sites is 1. The van der Waals surface area contributed by atoms with Crippen molar-refractivity contribution in [1.29, 1.82) is 0 Å². The van der Waals surface area contributed by atoms with E-state index < -0.39 is 6.10 Å². The third-order valence-electron chi connectivity index (χ3n) is 2.96. The molecule has 1 aromatic carbocycles. The molecule has 0 spiro atoms. The molecule has 1 amide bonds.